The maximum Gasteiger partial charge on any atom is 0.203 e. The van der Waals surface area contributed by atoms with Gasteiger partial charge in [0.1, 0.15) is 5.60 Å². The molecule has 5 unspecified atom stereocenters. The zero-order chi connectivity index (χ0) is 35.8. The molecule has 3 aliphatic carbocycles. The van der Waals surface area contributed by atoms with E-state index in [2.05, 4.69) is 37.0 Å². The van der Waals surface area contributed by atoms with Crippen LogP contribution >= 0.6 is 11.3 Å². The van der Waals surface area contributed by atoms with Crippen molar-refractivity contribution in [3.8, 4) is 0 Å². The number of aliphatic hydroxyl groups excluding tert-OH is 1. The van der Waals surface area contributed by atoms with Crippen molar-refractivity contribution < 1.29 is 20.1 Å². The van der Waals surface area contributed by atoms with E-state index in [1.54, 1.807) is 0 Å². The highest BCUT2D eigenvalue weighted by Crippen LogP contribution is 2.59. The number of carbonyl (C=O) groups is 1. The molecule has 4 aliphatic rings. The van der Waals surface area contributed by atoms with Gasteiger partial charge in [0, 0.05) is 28.4 Å². The standard InChI is InChI=1S/C45H53NO4S/c1-31-12-10-25-43(3)39(37-22-20-33(28-36(47)21-18-31)29-38(37)42(48)40-23-19-32(2)51-40)24-26-44(43,49)30-46-27-11-17-41(46)45(50,34-13-6-4-7-14-34)35-15-8-5-9-16-35/h4-9,12-16,19-20,22-23,29,36,39,41,47,49-50H,10-11,17-18,21,24-28,30H2,1-3H3. The van der Waals surface area contributed by atoms with Gasteiger partial charge in [-0.05, 0) is 125 Å². The lowest BCUT2D eigenvalue weighted by atomic mass is 9.64. The summed E-state index contributed by atoms with van der Waals surface area (Å²) in [6.45, 7) is 7.68. The predicted octanol–water partition coefficient (Wildman–Crippen LogP) is 8.73. The minimum Gasteiger partial charge on any atom is -0.393 e. The van der Waals surface area contributed by atoms with Gasteiger partial charge in [-0.2, -0.15) is 0 Å². The number of thiophene rings is 1. The number of benzene rings is 3. The van der Waals surface area contributed by atoms with E-state index in [1.807, 2.05) is 85.8 Å². The van der Waals surface area contributed by atoms with Crippen LogP contribution in [0.15, 0.2) is 103 Å². The van der Waals surface area contributed by atoms with Crippen molar-refractivity contribution in [1.29, 1.82) is 0 Å². The monoisotopic (exact) mass is 703 g/mol. The van der Waals surface area contributed by atoms with E-state index < -0.39 is 22.7 Å². The highest BCUT2D eigenvalue weighted by atomic mass is 32.1. The van der Waals surface area contributed by atoms with E-state index in [-0.39, 0.29) is 17.7 Å². The molecule has 3 N–H and O–H groups in total. The van der Waals surface area contributed by atoms with E-state index in [4.69, 9.17) is 0 Å². The summed E-state index contributed by atoms with van der Waals surface area (Å²) < 4.78 is 0. The number of hydrogen-bond donors (Lipinski definition) is 3. The van der Waals surface area contributed by atoms with E-state index in [0.717, 1.165) is 77.1 Å². The van der Waals surface area contributed by atoms with Crippen LogP contribution in [0.25, 0.3) is 0 Å². The summed E-state index contributed by atoms with van der Waals surface area (Å²) in [6.07, 6.45) is 8.53. The number of β-amino-alcohol motifs (C(OH)–C–C–N with tert-alkyl or cyclic N) is 1. The van der Waals surface area contributed by atoms with Crippen molar-refractivity contribution in [1.82, 2.24) is 4.90 Å². The molecule has 2 heterocycles. The summed E-state index contributed by atoms with van der Waals surface area (Å²) in [7, 11) is 0. The summed E-state index contributed by atoms with van der Waals surface area (Å²) in [5.74, 6) is -0.0169. The van der Waals surface area contributed by atoms with Gasteiger partial charge in [0.25, 0.3) is 0 Å². The summed E-state index contributed by atoms with van der Waals surface area (Å²) in [5.41, 5.74) is 2.84. The molecule has 268 valence electrons. The zero-order valence-corrected chi connectivity index (χ0v) is 31.2. The number of carbonyl (C=O) groups excluding carboxylic acids is 1. The third-order valence-corrected chi connectivity index (χ3v) is 13.6. The normalized spacial score (nSPS) is 27.6. The molecule has 5 nitrogen and oxygen atoms in total. The quantitative estimate of drug-likeness (QED) is 0.133. The molecule has 6 heteroatoms. The van der Waals surface area contributed by atoms with Gasteiger partial charge in [0.05, 0.1) is 16.6 Å². The Morgan fingerprint density at radius 2 is 1.63 bits per heavy atom. The molecular weight excluding hydrogens is 651 g/mol. The number of ketones is 1. The lowest BCUT2D eigenvalue weighted by Crippen LogP contribution is -2.57. The van der Waals surface area contributed by atoms with Crippen molar-refractivity contribution in [2.24, 2.45) is 5.41 Å². The molecule has 0 amide bonds. The second-order valence-electron chi connectivity index (χ2n) is 15.8. The third-order valence-electron chi connectivity index (χ3n) is 12.6. The molecule has 3 aromatic carbocycles. The minimum atomic E-state index is -1.24. The maximum atomic E-state index is 14.3. The number of allylic oxidation sites excluding steroid dienone is 2. The Morgan fingerprint density at radius 1 is 0.922 bits per heavy atom. The average Bonchev–Trinajstić information content (AvgIpc) is 3.85. The van der Waals surface area contributed by atoms with Gasteiger partial charge in [-0.15, -0.1) is 11.3 Å². The molecule has 1 saturated carbocycles. The minimum absolute atomic E-state index is 0.0236. The number of aryl methyl sites for hydroxylation is 1. The number of hydrogen-bond acceptors (Lipinski definition) is 6. The third kappa shape index (κ3) is 6.82. The highest BCUT2D eigenvalue weighted by Gasteiger charge is 2.59. The second-order valence-corrected chi connectivity index (χ2v) is 17.1. The summed E-state index contributed by atoms with van der Waals surface area (Å²) >= 11 is 1.52. The van der Waals surface area contributed by atoms with Crippen LogP contribution in [0.2, 0.25) is 0 Å². The van der Waals surface area contributed by atoms with Gasteiger partial charge >= 0.3 is 0 Å². The fourth-order valence-corrected chi connectivity index (χ4v) is 10.5. The first-order valence-electron chi connectivity index (χ1n) is 18.9. The van der Waals surface area contributed by atoms with Gasteiger partial charge in [-0.1, -0.05) is 91.4 Å². The molecule has 1 aliphatic heterocycles. The van der Waals surface area contributed by atoms with Crippen molar-refractivity contribution in [2.45, 2.75) is 108 Å². The second kappa shape index (κ2) is 14.6. The molecule has 2 bridgehead atoms. The van der Waals surface area contributed by atoms with Gasteiger partial charge in [0.2, 0.25) is 5.78 Å². The van der Waals surface area contributed by atoms with E-state index >= 15 is 0 Å². The van der Waals surface area contributed by atoms with Gasteiger partial charge in [0.15, 0.2) is 0 Å². The van der Waals surface area contributed by atoms with Crippen LogP contribution in [0.5, 0.6) is 0 Å². The number of rotatable bonds is 7. The van der Waals surface area contributed by atoms with E-state index in [0.29, 0.717) is 31.4 Å². The SMILES string of the molecule is CC1=CCCC2(C)C(CCC2(O)CN2CCCC2C(O)(c2ccccc2)c2ccccc2)c2ccc(cc2C(=O)c2ccc(C)s2)CC(O)CC1. The molecule has 1 saturated heterocycles. The van der Waals surface area contributed by atoms with Crippen molar-refractivity contribution in [3.63, 3.8) is 0 Å². The predicted molar refractivity (Wildman–Crippen MR) is 206 cm³/mol. The number of nitrogens with zero attached hydrogens (tertiary/aromatic N) is 1. The molecule has 2 fully saturated rings. The van der Waals surface area contributed by atoms with E-state index in [9.17, 15) is 20.1 Å². The molecule has 0 radical (unpaired) electrons. The molecular formula is C45H53NO4S. The first kappa shape index (κ1) is 36.0. The molecule has 1 aromatic heterocycles. The van der Waals surface area contributed by atoms with Crippen LogP contribution < -0.4 is 0 Å². The van der Waals surface area contributed by atoms with Crippen molar-refractivity contribution in [2.75, 3.05) is 13.1 Å². The molecule has 51 heavy (non-hydrogen) atoms. The first-order chi connectivity index (χ1) is 24.5. The van der Waals surface area contributed by atoms with Gasteiger partial charge in [-0.3, -0.25) is 9.69 Å². The fraction of sp³-hybridized carbons (Fsp3) is 0.444. The van der Waals surface area contributed by atoms with E-state index in [1.165, 1.54) is 16.9 Å². The smallest absolute Gasteiger partial charge is 0.203 e. The van der Waals surface area contributed by atoms with Crippen LogP contribution in [0, 0.1) is 12.3 Å². The number of likely N-dealkylation sites (tertiary alicyclic amines) is 1. The Morgan fingerprint density at radius 3 is 2.29 bits per heavy atom. The Balaban J connectivity index is 1.29. The Kier molecular flexibility index (Phi) is 10.3. The first-order valence-corrected chi connectivity index (χ1v) is 19.7. The zero-order valence-electron chi connectivity index (χ0n) is 30.4. The van der Waals surface area contributed by atoms with Gasteiger partial charge in [-0.25, -0.2) is 0 Å². The summed E-state index contributed by atoms with van der Waals surface area (Å²) in [6, 6.07) is 30.0. The molecule has 4 aromatic rings. The summed E-state index contributed by atoms with van der Waals surface area (Å²) in [5, 5.41) is 37.0. The Bertz CT molecular complexity index is 1830. The van der Waals surface area contributed by atoms with Crippen LogP contribution in [-0.4, -0.2) is 56.8 Å². The van der Waals surface area contributed by atoms with Gasteiger partial charge < -0.3 is 15.3 Å². The van der Waals surface area contributed by atoms with Crippen LogP contribution in [0.1, 0.15) is 113 Å². The average molecular weight is 704 g/mol. The highest BCUT2D eigenvalue weighted by molar-refractivity contribution is 7.14. The lowest BCUT2D eigenvalue weighted by Gasteiger charge is -2.48. The summed E-state index contributed by atoms with van der Waals surface area (Å²) in [4.78, 5) is 18.5. The largest absolute Gasteiger partial charge is 0.393 e. The molecule has 5 atom stereocenters. The van der Waals surface area contributed by atoms with Crippen LogP contribution in [0.3, 0.4) is 0 Å². The van der Waals surface area contributed by atoms with Crippen molar-refractivity contribution in [3.05, 3.63) is 140 Å². The molecule has 0 spiro atoms. The Labute approximate surface area is 307 Å². The van der Waals surface area contributed by atoms with Crippen LogP contribution in [-0.2, 0) is 12.0 Å². The maximum absolute atomic E-state index is 14.3. The van der Waals surface area contributed by atoms with Crippen LogP contribution in [0.4, 0.5) is 0 Å². The number of fused-ring (bicyclic) bond motifs is 8. The lowest BCUT2D eigenvalue weighted by molar-refractivity contribution is -0.101. The fourth-order valence-electron chi connectivity index (χ4n) is 9.65. The molecule has 8 rings (SSSR count). The Hall–Kier alpha value is -3.39. The van der Waals surface area contributed by atoms with Crippen molar-refractivity contribution >= 4 is 17.1 Å². The number of aliphatic hydroxyl groups is 3. The topological polar surface area (TPSA) is 81.0 Å².